The van der Waals surface area contributed by atoms with E-state index < -0.39 is 0 Å². The SMILES string of the molecule is CCCCCOC(=O)C1CC2C=CC1C2O. The summed E-state index contributed by atoms with van der Waals surface area (Å²) in [5.74, 6) is -0.0412. The van der Waals surface area contributed by atoms with E-state index in [1.54, 1.807) is 0 Å². The molecule has 3 nitrogen and oxygen atoms in total. The molecule has 90 valence electrons. The van der Waals surface area contributed by atoms with Crippen molar-refractivity contribution in [2.45, 2.75) is 38.7 Å². The quantitative estimate of drug-likeness (QED) is 0.441. The van der Waals surface area contributed by atoms with Crippen LogP contribution in [0.3, 0.4) is 0 Å². The molecule has 1 N–H and O–H groups in total. The Balaban J connectivity index is 1.77. The Hall–Kier alpha value is -0.830. The number of fused-ring (bicyclic) bond motifs is 2. The van der Waals surface area contributed by atoms with Crippen LogP contribution >= 0.6 is 0 Å². The van der Waals surface area contributed by atoms with E-state index in [-0.39, 0.29) is 29.8 Å². The lowest BCUT2D eigenvalue weighted by Crippen LogP contribution is -2.24. The maximum absolute atomic E-state index is 11.8. The highest BCUT2D eigenvalue weighted by atomic mass is 16.5. The number of esters is 1. The maximum atomic E-state index is 11.8. The molecule has 16 heavy (non-hydrogen) atoms. The summed E-state index contributed by atoms with van der Waals surface area (Å²) in [6.45, 7) is 2.65. The van der Waals surface area contributed by atoms with Crippen LogP contribution in [-0.2, 0) is 9.53 Å². The second kappa shape index (κ2) is 5.00. The lowest BCUT2D eigenvalue weighted by atomic mass is 9.93. The van der Waals surface area contributed by atoms with Gasteiger partial charge in [0.15, 0.2) is 0 Å². The van der Waals surface area contributed by atoms with Gasteiger partial charge in [-0.05, 0) is 12.8 Å². The minimum atomic E-state index is -0.354. The second-order valence-electron chi connectivity index (χ2n) is 4.83. The fourth-order valence-electron chi connectivity index (χ4n) is 2.71. The zero-order chi connectivity index (χ0) is 11.5. The Kier molecular flexibility index (Phi) is 3.64. The summed E-state index contributed by atoms with van der Waals surface area (Å²) in [5.41, 5.74) is 0. The second-order valence-corrected chi connectivity index (χ2v) is 4.83. The minimum Gasteiger partial charge on any atom is -0.465 e. The third-order valence-electron chi connectivity index (χ3n) is 3.70. The van der Waals surface area contributed by atoms with Gasteiger partial charge in [0, 0.05) is 11.8 Å². The van der Waals surface area contributed by atoms with Crippen molar-refractivity contribution >= 4 is 5.97 Å². The van der Waals surface area contributed by atoms with Crippen LogP contribution in [0.2, 0.25) is 0 Å². The fourth-order valence-corrected chi connectivity index (χ4v) is 2.71. The van der Waals surface area contributed by atoms with Crippen LogP contribution in [0.25, 0.3) is 0 Å². The first kappa shape index (κ1) is 11.6. The molecule has 2 aliphatic rings. The largest absolute Gasteiger partial charge is 0.465 e. The van der Waals surface area contributed by atoms with Crippen molar-refractivity contribution in [2.75, 3.05) is 6.61 Å². The van der Waals surface area contributed by atoms with Gasteiger partial charge in [0.05, 0.1) is 18.6 Å². The van der Waals surface area contributed by atoms with Gasteiger partial charge in [-0.3, -0.25) is 4.79 Å². The molecule has 0 aromatic rings. The van der Waals surface area contributed by atoms with Crippen LogP contribution in [0, 0.1) is 17.8 Å². The first-order valence-electron chi connectivity index (χ1n) is 6.27. The molecule has 4 atom stereocenters. The van der Waals surface area contributed by atoms with Crippen molar-refractivity contribution in [3.8, 4) is 0 Å². The van der Waals surface area contributed by atoms with Gasteiger partial charge in [-0.15, -0.1) is 0 Å². The summed E-state index contributed by atoms with van der Waals surface area (Å²) >= 11 is 0. The number of aliphatic hydroxyl groups excluding tert-OH is 1. The highest BCUT2D eigenvalue weighted by molar-refractivity contribution is 5.74. The van der Waals surface area contributed by atoms with Crippen molar-refractivity contribution in [3.05, 3.63) is 12.2 Å². The van der Waals surface area contributed by atoms with E-state index in [9.17, 15) is 9.90 Å². The third kappa shape index (κ3) is 2.14. The van der Waals surface area contributed by atoms with Crippen LogP contribution in [0.5, 0.6) is 0 Å². The summed E-state index contributed by atoms with van der Waals surface area (Å²) in [5, 5.41) is 9.79. The summed E-state index contributed by atoms with van der Waals surface area (Å²) in [4.78, 5) is 11.8. The minimum absolute atomic E-state index is 0.00340. The molecule has 1 saturated carbocycles. The Morgan fingerprint density at radius 2 is 2.25 bits per heavy atom. The van der Waals surface area contributed by atoms with Gasteiger partial charge in [0.25, 0.3) is 0 Å². The summed E-state index contributed by atoms with van der Waals surface area (Å²) < 4.78 is 5.25. The van der Waals surface area contributed by atoms with Gasteiger partial charge >= 0.3 is 5.97 Å². The molecule has 0 aromatic heterocycles. The molecular weight excluding hydrogens is 204 g/mol. The molecule has 0 aromatic carbocycles. The van der Waals surface area contributed by atoms with Crippen LogP contribution < -0.4 is 0 Å². The average Bonchev–Trinajstić information content (AvgIpc) is 2.80. The summed E-state index contributed by atoms with van der Waals surface area (Å²) in [7, 11) is 0. The number of hydrogen-bond acceptors (Lipinski definition) is 3. The molecule has 2 bridgehead atoms. The highest BCUT2D eigenvalue weighted by Crippen LogP contribution is 2.44. The smallest absolute Gasteiger partial charge is 0.309 e. The van der Waals surface area contributed by atoms with Crippen LogP contribution in [0.4, 0.5) is 0 Å². The summed E-state index contributed by atoms with van der Waals surface area (Å²) in [6, 6.07) is 0. The average molecular weight is 224 g/mol. The van der Waals surface area contributed by atoms with Gasteiger partial charge in [-0.2, -0.15) is 0 Å². The van der Waals surface area contributed by atoms with Gasteiger partial charge in [-0.25, -0.2) is 0 Å². The lowest BCUT2D eigenvalue weighted by molar-refractivity contribution is -0.150. The molecule has 0 saturated heterocycles. The molecule has 2 rings (SSSR count). The van der Waals surface area contributed by atoms with Crippen molar-refractivity contribution in [2.24, 2.45) is 17.8 Å². The van der Waals surface area contributed by atoms with E-state index >= 15 is 0 Å². The number of unbranched alkanes of at least 4 members (excludes halogenated alkanes) is 2. The zero-order valence-electron chi connectivity index (χ0n) is 9.76. The maximum Gasteiger partial charge on any atom is 0.309 e. The molecular formula is C13H20O3. The summed E-state index contributed by atoms with van der Waals surface area (Å²) in [6.07, 6.45) is 7.58. The van der Waals surface area contributed by atoms with Gasteiger partial charge < -0.3 is 9.84 Å². The number of carbonyl (C=O) groups is 1. The molecule has 0 heterocycles. The van der Waals surface area contributed by atoms with Crippen molar-refractivity contribution in [1.29, 1.82) is 0 Å². The molecule has 2 aliphatic carbocycles. The molecule has 0 aliphatic heterocycles. The molecule has 3 heteroatoms. The van der Waals surface area contributed by atoms with E-state index in [0.29, 0.717) is 6.61 Å². The Morgan fingerprint density at radius 3 is 2.81 bits per heavy atom. The van der Waals surface area contributed by atoms with Crippen LogP contribution in [0.15, 0.2) is 12.2 Å². The van der Waals surface area contributed by atoms with E-state index in [0.717, 1.165) is 25.7 Å². The Labute approximate surface area is 96.5 Å². The standard InChI is InChI=1S/C13H20O3/c1-2-3-4-7-16-13(15)11-8-9-5-6-10(11)12(9)14/h5-6,9-12,14H,2-4,7-8H2,1H3. The molecule has 0 spiro atoms. The highest BCUT2D eigenvalue weighted by Gasteiger charge is 2.47. The van der Waals surface area contributed by atoms with Gasteiger partial charge in [-0.1, -0.05) is 31.9 Å². The molecule has 4 unspecified atom stereocenters. The molecule has 0 amide bonds. The lowest BCUT2D eigenvalue weighted by Gasteiger charge is -2.16. The van der Waals surface area contributed by atoms with Gasteiger partial charge in [0.2, 0.25) is 0 Å². The van der Waals surface area contributed by atoms with E-state index in [1.807, 2.05) is 12.2 Å². The molecule has 1 fully saturated rings. The van der Waals surface area contributed by atoms with Gasteiger partial charge in [0.1, 0.15) is 0 Å². The number of ether oxygens (including phenoxy) is 1. The first-order valence-corrected chi connectivity index (χ1v) is 6.27. The predicted octanol–water partition coefficient (Wildman–Crippen LogP) is 1.90. The predicted molar refractivity (Wildman–Crippen MR) is 60.7 cm³/mol. The molecule has 0 radical (unpaired) electrons. The number of hydrogen-bond donors (Lipinski definition) is 1. The van der Waals surface area contributed by atoms with Crippen LogP contribution in [0.1, 0.15) is 32.6 Å². The van der Waals surface area contributed by atoms with Crippen molar-refractivity contribution < 1.29 is 14.6 Å². The van der Waals surface area contributed by atoms with Crippen molar-refractivity contribution in [3.63, 3.8) is 0 Å². The topological polar surface area (TPSA) is 46.5 Å². The van der Waals surface area contributed by atoms with Crippen molar-refractivity contribution in [1.82, 2.24) is 0 Å². The zero-order valence-corrected chi connectivity index (χ0v) is 9.76. The monoisotopic (exact) mass is 224 g/mol. The van der Waals surface area contributed by atoms with Crippen LogP contribution in [-0.4, -0.2) is 23.8 Å². The Bertz CT molecular complexity index is 285. The number of rotatable bonds is 5. The van der Waals surface area contributed by atoms with E-state index in [1.165, 1.54) is 0 Å². The van der Waals surface area contributed by atoms with E-state index in [2.05, 4.69) is 6.92 Å². The number of carbonyl (C=O) groups excluding carboxylic acids is 1. The Morgan fingerprint density at radius 1 is 1.44 bits per heavy atom. The first-order chi connectivity index (χ1) is 7.74. The fraction of sp³-hybridized carbons (Fsp3) is 0.769. The third-order valence-corrected chi connectivity index (χ3v) is 3.70. The normalized spacial score (nSPS) is 35.6. The van der Waals surface area contributed by atoms with E-state index in [4.69, 9.17) is 4.74 Å². The number of aliphatic hydroxyl groups is 1.